The van der Waals surface area contributed by atoms with Crippen LogP contribution in [0.15, 0.2) is 23.1 Å². The molecule has 1 unspecified atom stereocenters. The SMILES string of the molecule is CNC1CCCN(C(=O)c2cccn(C)c2=O)C1.Cl. The van der Waals surface area contributed by atoms with Crippen LogP contribution in [0.1, 0.15) is 23.2 Å². The molecule has 1 aromatic rings. The Hall–Kier alpha value is -1.33. The number of nitrogens with one attached hydrogen (secondary N) is 1. The van der Waals surface area contributed by atoms with Gasteiger partial charge in [-0.15, -0.1) is 12.4 Å². The highest BCUT2D eigenvalue weighted by atomic mass is 35.5. The van der Waals surface area contributed by atoms with E-state index >= 15 is 0 Å². The highest BCUT2D eigenvalue weighted by molar-refractivity contribution is 5.93. The summed E-state index contributed by atoms with van der Waals surface area (Å²) in [5.74, 6) is -0.156. The van der Waals surface area contributed by atoms with E-state index < -0.39 is 0 Å². The standard InChI is InChI=1S/C13H19N3O2.ClH/c1-14-10-5-3-8-16(9-10)13(18)11-6-4-7-15(2)12(11)17;/h4,6-7,10,14H,3,5,8-9H2,1-2H3;1H. The summed E-state index contributed by atoms with van der Waals surface area (Å²) >= 11 is 0. The number of nitrogens with zero attached hydrogens (tertiary/aromatic N) is 2. The Labute approximate surface area is 119 Å². The number of likely N-dealkylation sites (tertiary alicyclic amines) is 1. The van der Waals surface area contributed by atoms with Gasteiger partial charge in [-0.25, -0.2) is 0 Å². The number of hydrogen-bond acceptors (Lipinski definition) is 3. The summed E-state index contributed by atoms with van der Waals surface area (Å²) in [6.07, 6.45) is 3.71. The van der Waals surface area contributed by atoms with Gasteiger partial charge >= 0.3 is 0 Å². The zero-order valence-corrected chi connectivity index (χ0v) is 12.1. The first-order chi connectivity index (χ1) is 8.63. The summed E-state index contributed by atoms with van der Waals surface area (Å²) in [7, 11) is 3.56. The Morgan fingerprint density at radius 2 is 2.21 bits per heavy atom. The molecule has 0 spiro atoms. The van der Waals surface area contributed by atoms with E-state index in [1.54, 1.807) is 30.3 Å². The van der Waals surface area contributed by atoms with Crippen LogP contribution in [0, 0.1) is 0 Å². The molecule has 0 aliphatic carbocycles. The van der Waals surface area contributed by atoms with Crippen LogP contribution in [-0.4, -0.2) is 41.6 Å². The lowest BCUT2D eigenvalue weighted by molar-refractivity contribution is 0.0696. The molecule has 1 N–H and O–H groups in total. The van der Waals surface area contributed by atoms with E-state index in [1.807, 2.05) is 7.05 Å². The van der Waals surface area contributed by atoms with E-state index in [-0.39, 0.29) is 29.4 Å². The average Bonchev–Trinajstić information content (AvgIpc) is 2.41. The zero-order valence-electron chi connectivity index (χ0n) is 11.3. The number of hydrogen-bond donors (Lipinski definition) is 1. The third kappa shape index (κ3) is 3.36. The quantitative estimate of drug-likeness (QED) is 0.867. The first kappa shape index (κ1) is 15.7. The zero-order chi connectivity index (χ0) is 13.1. The highest BCUT2D eigenvalue weighted by Gasteiger charge is 2.25. The van der Waals surface area contributed by atoms with Gasteiger partial charge in [-0.2, -0.15) is 0 Å². The second-order valence-electron chi connectivity index (χ2n) is 4.72. The molecule has 1 aliphatic rings. The molecular weight excluding hydrogens is 266 g/mol. The maximum atomic E-state index is 12.3. The number of pyridine rings is 1. The monoisotopic (exact) mass is 285 g/mol. The summed E-state index contributed by atoms with van der Waals surface area (Å²) in [5, 5.41) is 3.19. The third-order valence-electron chi connectivity index (χ3n) is 3.47. The number of aryl methyl sites for hydroxylation is 1. The normalized spacial score (nSPS) is 18.8. The molecular formula is C13H20ClN3O2. The van der Waals surface area contributed by atoms with Crippen LogP contribution in [0.2, 0.25) is 0 Å². The molecule has 2 rings (SSSR count). The van der Waals surface area contributed by atoms with Gasteiger partial charge in [0, 0.05) is 32.4 Å². The molecule has 0 bridgehead atoms. The van der Waals surface area contributed by atoms with Crippen molar-refractivity contribution in [1.29, 1.82) is 0 Å². The van der Waals surface area contributed by atoms with E-state index in [2.05, 4.69) is 5.32 Å². The summed E-state index contributed by atoms with van der Waals surface area (Å²) in [6, 6.07) is 3.66. The summed E-state index contributed by atoms with van der Waals surface area (Å²) in [5.41, 5.74) is 0.0332. The van der Waals surface area contributed by atoms with Crippen LogP contribution in [-0.2, 0) is 7.05 Å². The lowest BCUT2D eigenvalue weighted by atomic mass is 10.1. The van der Waals surface area contributed by atoms with Gasteiger partial charge in [0.05, 0.1) is 0 Å². The number of amides is 1. The summed E-state index contributed by atoms with van der Waals surface area (Å²) in [6.45, 7) is 1.41. The van der Waals surface area contributed by atoms with Crippen molar-refractivity contribution in [3.8, 4) is 0 Å². The topological polar surface area (TPSA) is 54.3 Å². The van der Waals surface area contributed by atoms with Crippen molar-refractivity contribution in [3.05, 3.63) is 34.2 Å². The average molecular weight is 286 g/mol. The molecule has 1 aromatic heterocycles. The summed E-state index contributed by atoms with van der Waals surface area (Å²) in [4.78, 5) is 26.0. The second kappa shape index (κ2) is 6.73. The van der Waals surface area contributed by atoms with E-state index in [0.29, 0.717) is 12.6 Å². The number of carbonyl (C=O) groups excluding carboxylic acids is 1. The van der Waals surface area contributed by atoms with Gasteiger partial charge in [-0.3, -0.25) is 9.59 Å². The van der Waals surface area contributed by atoms with Gasteiger partial charge in [-0.05, 0) is 32.0 Å². The van der Waals surface area contributed by atoms with Crippen molar-refractivity contribution < 1.29 is 4.79 Å². The predicted octanol–water partition coefficient (Wildman–Crippen LogP) is 0.631. The van der Waals surface area contributed by atoms with Gasteiger partial charge in [0.1, 0.15) is 5.56 Å². The molecule has 19 heavy (non-hydrogen) atoms. The van der Waals surface area contributed by atoms with Crippen LogP contribution in [0.5, 0.6) is 0 Å². The minimum absolute atomic E-state index is 0. The molecule has 6 heteroatoms. The fourth-order valence-electron chi connectivity index (χ4n) is 2.33. The van der Waals surface area contributed by atoms with Crippen molar-refractivity contribution in [3.63, 3.8) is 0 Å². The molecule has 106 valence electrons. The molecule has 0 aromatic carbocycles. The molecule has 1 saturated heterocycles. The number of likely N-dealkylation sites (N-methyl/N-ethyl adjacent to an activating group) is 1. The molecule has 2 heterocycles. The van der Waals surface area contributed by atoms with Gasteiger partial charge in [0.15, 0.2) is 0 Å². The molecule has 1 amide bonds. The summed E-state index contributed by atoms with van der Waals surface area (Å²) < 4.78 is 1.44. The van der Waals surface area contributed by atoms with Crippen LogP contribution in [0.25, 0.3) is 0 Å². The number of piperidine rings is 1. The van der Waals surface area contributed by atoms with Crippen molar-refractivity contribution in [1.82, 2.24) is 14.8 Å². The fourth-order valence-corrected chi connectivity index (χ4v) is 2.33. The Kier molecular flexibility index (Phi) is 5.57. The Morgan fingerprint density at radius 1 is 1.47 bits per heavy atom. The maximum absolute atomic E-state index is 12.3. The highest BCUT2D eigenvalue weighted by Crippen LogP contribution is 2.12. The van der Waals surface area contributed by atoms with Gasteiger partial charge in [0.25, 0.3) is 11.5 Å². The van der Waals surface area contributed by atoms with Crippen LogP contribution in [0.4, 0.5) is 0 Å². The Balaban J connectivity index is 0.00000180. The minimum atomic E-state index is -0.228. The third-order valence-corrected chi connectivity index (χ3v) is 3.47. The number of carbonyl (C=O) groups is 1. The lowest BCUT2D eigenvalue weighted by Crippen LogP contribution is -2.48. The van der Waals surface area contributed by atoms with Crippen molar-refractivity contribution in [2.75, 3.05) is 20.1 Å². The minimum Gasteiger partial charge on any atom is -0.337 e. The van der Waals surface area contributed by atoms with Crippen molar-refractivity contribution in [2.45, 2.75) is 18.9 Å². The van der Waals surface area contributed by atoms with Gasteiger partial charge in [-0.1, -0.05) is 0 Å². The number of rotatable bonds is 2. The van der Waals surface area contributed by atoms with E-state index in [9.17, 15) is 9.59 Å². The van der Waals surface area contributed by atoms with Gasteiger partial charge in [0.2, 0.25) is 0 Å². The van der Waals surface area contributed by atoms with Crippen molar-refractivity contribution in [2.24, 2.45) is 7.05 Å². The first-order valence-corrected chi connectivity index (χ1v) is 6.25. The number of aromatic nitrogens is 1. The Bertz CT molecular complexity index is 501. The molecule has 0 radical (unpaired) electrons. The van der Waals surface area contributed by atoms with E-state index in [4.69, 9.17) is 0 Å². The fraction of sp³-hybridized carbons (Fsp3) is 0.538. The Morgan fingerprint density at radius 3 is 2.89 bits per heavy atom. The number of halogens is 1. The molecule has 1 fully saturated rings. The first-order valence-electron chi connectivity index (χ1n) is 6.25. The van der Waals surface area contributed by atoms with Crippen LogP contribution < -0.4 is 10.9 Å². The molecule has 1 aliphatic heterocycles. The van der Waals surface area contributed by atoms with E-state index in [1.165, 1.54) is 4.57 Å². The largest absolute Gasteiger partial charge is 0.337 e. The van der Waals surface area contributed by atoms with Crippen LogP contribution in [0.3, 0.4) is 0 Å². The van der Waals surface area contributed by atoms with E-state index in [0.717, 1.165) is 19.4 Å². The molecule has 0 saturated carbocycles. The second-order valence-corrected chi connectivity index (χ2v) is 4.72. The smallest absolute Gasteiger partial charge is 0.263 e. The van der Waals surface area contributed by atoms with Crippen LogP contribution >= 0.6 is 12.4 Å². The molecule has 5 nitrogen and oxygen atoms in total. The van der Waals surface area contributed by atoms with Crippen molar-refractivity contribution >= 4 is 18.3 Å². The lowest BCUT2D eigenvalue weighted by Gasteiger charge is -2.32. The molecule has 1 atom stereocenters. The predicted molar refractivity (Wildman–Crippen MR) is 76.9 cm³/mol. The maximum Gasteiger partial charge on any atom is 0.263 e. The van der Waals surface area contributed by atoms with Gasteiger partial charge < -0.3 is 14.8 Å².